The monoisotopic (exact) mass is 221 g/mol. The van der Waals surface area contributed by atoms with Crippen LogP contribution in [0.4, 0.5) is 10.6 Å². The Balaban J connectivity index is 2.20. The van der Waals surface area contributed by atoms with Gasteiger partial charge in [0.1, 0.15) is 5.82 Å². The largest absolute Gasteiger partial charge is 0.453 e. The van der Waals surface area contributed by atoms with Gasteiger partial charge in [0.15, 0.2) is 0 Å². The number of carbonyl (C=O) groups is 1. The Morgan fingerprint density at radius 2 is 2.50 bits per heavy atom. The van der Waals surface area contributed by atoms with Gasteiger partial charge in [-0.05, 0) is 11.6 Å². The van der Waals surface area contributed by atoms with Crippen LogP contribution in [0.5, 0.6) is 0 Å². The number of aromatic nitrogens is 1. The summed E-state index contributed by atoms with van der Waals surface area (Å²) in [6, 6.07) is 1.75. The lowest BCUT2D eigenvalue weighted by Gasteiger charge is -2.25. The molecule has 1 aliphatic heterocycles. The summed E-state index contributed by atoms with van der Waals surface area (Å²) in [5, 5.41) is 0. The molecule has 0 spiro atoms. The van der Waals surface area contributed by atoms with Gasteiger partial charge in [-0.2, -0.15) is 0 Å². The number of ether oxygens (including phenoxy) is 1. The average molecular weight is 221 g/mol. The number of methoxy groups -OCH3 is 1. The molecule has 0 fully saturated rings. The van der Waals surface area contributed by atoms with Crippen molar-refractivity contribution in [3.63, 3.8) is 0 Å². The van der Waals surface area contributed by atoms with Crippen LogP contribution >= 0.6 is 0 Å². The summed E-state index contributed by atoms with van der Waals surface area (Å²) in [5.41, 5.74) is 1.97. The molecule has 0 bridgehead atoms. The van der Waals surface area contributed by atoms with Gasteiger partial charge in [-0.1, -0.05) is 0 Å². The fourth-order valence-electron chi connectivity index (χ4n) is 1.81. The highest BCUT2D eigenvalue weighted by Crippen LogP contribution is 2.23. The minimum atomic E-state index is -0.340. The van der Waals surface area contributed by atoms with Crippen molar-refractivity contribution >= 4 is 18.0 Å². The van der Waals surface area contributed by atoms with E-state index in [9.17, 15) is 9.59 Å². The minimum Gasteiger partial charge on any atom is -0.453 e. The van der Waals surface area contributed by atoms with Gasteiger partial charge in [-0.3, -0.25) is 0 Å². The number of aliphatic imine (C=N–C) groups is 1. The second-order valence-corrected chi connectivity index (χ2v) is 3.50. The van der Waals surface area contributed by atoms with Gasteiger partial charge in [-0.25, -0.2) is 9.59 Å². The van der Waals surface area contributed by atoms with Crippen molar-refractivity contribution in [2.75, 3.05) is 13.7 Å². The quantitative estimate of drug-likeness (QED) is 0.570. The van der Waals surface area contributed by atoms with Crippen molar-refractivity contribution < 1.29 is 14.3 Å². The zero-order chi connectivity index (χ0) is 11.5. The first kappa shape index (κ1) is 10.4. The number of amides is 1. The van der Waals surface area contributed by atoms with Crippen LogP contribution in [-0.4, -0.2) is 35.7 Å². The molecule has 6 heteroatoms. The molecule has 2 rings (SSSR count). The number of rotatable bonds is 1. The fraction of sp³-hybridized carbons (Fsp3) is 0.400. The first-order valence-electron chi connectivity index (χ1n) is 4.86. The topological polar surface area (TPSA) is 74.8 Å². The maximum absolute atomic E-state index is 11.3. The summed E-state index contributed by atoms with van der Waals surface area (Å²) in [6.45, 7) is 1.08. The van der Waals surface area contributed by atoms with Gasteiger partial charge < -0.3 is 14.6 Å². The normalized spacial score (nSPS) is 13.9. The summed E-state index contributed by atoms with van der Waals surface area (Å²) >= 11 is 0. The van der Waals surface area contributed by atoms with Crippen LogP contribution < -0.4 is 0 Å². The van der Waals surface area contributed by atoms with Gasteiger partial charge in [0.05, 0.1) is 13.7 Å². The van der Waals surface area contributed by atoms with E-state index in [-0.39, 0.29) is 6.09 Å². The molecule has 84 valence electrons. The molecule has 0 saturated heterocycles. The zero-order valence-electron chi connectivity index (χ0n) is 8.82. The van der Waals surface area contributed by atoms with Gasteiger partial charge >= 0.3 is 6.09 Å². The van der Waals surface area contributed by atoms with E-state index in [2.05, 4.69) is 14.7 Å². The second-order valence-electron chi connectivity index (χ2n) is 3.50. The first-order valence-corrected chi connectivity index (χ1v) is 4.86. The molecular formula is C10H11N3O3. The third-order valence-electron chi connectivity index (χ3n) is 2.57. The number of hydrogen-bond donors (Lipinski definition) is 1. The van der Waals surface area contributed by atoms with E-state index in [1.807, 2.05) is 0 Å². The van der Waals surface area contributed by atoms with Crippen LogP contribution in [0.1, 0.15) is 11.3 Å². The van der Waals surface area contributed by atoms with Gasteiger partial charge in [0.2, 0.25) is 6.08 Å². The Morgan fingerprint density at radius 1 is 1.69 bits per heavy atom. The molecule has 2 heterocycles. The molecule has 16 heavy (non-hydrogen) atoms. The SMILES string of the molecule is COC(=O)N1CCc2[nH]c(N=C=O)cc2C1. The summed E-state index contributed by atoms with van der Waals surface area (Å²) in [5.74, 6) is 0.478. The predicted molar refractivity (Wildman–Crippen MR) is 55.1 cm³/mol. The van der Waals surface area contributed by atoms with Crippen molar-refractivity contribution in [2.24, 2.45) is 4.99 Å². The lowest BCUT2D eigenvalue weighted by atomic mass is 10.1. The summed E-state index contributed by atoms with van der Waals surface area (Å²) in [6.07, 6.45) is 1.84. The lowest BCUT2D eigenvalue weighted by Crippen LogP contribution is -2.35. The van der Waals surface area contributed by atoms with Crippen molar-refractivity contribution in [1.29, 1.82) is 0 Å². The van der Waals surface area contributed by atoms with E-state index >= 15 is 0 Å². The number of nitrogens with one attached hydrogen (secondary N) is 1. The Kier molecular flexibility index (Phi) is 2.74. The molecule has 0 atom stereocenters. The van der Waals surface area contributed by atoms with E-state index in [0.717, 1.165) is 11.3 Å². The van der Waals surface area contributed by atoms with Gasteiger partial charge in [-0.15, -0.1) is 4.99 Å². The average Bonchev–Trinajstić information content (AvgIpc) is 2.69. The molecule has 1 aromatic heterocycles. The molecule has 1 amide bonds. The highest BCUT2D eigenvalue weighted by molar-refractivity contribution is 5.68. The zero-order valence-corrected chi connectivity index (χ0v) is 8.82. The number of nitrogens with zero attached hydrogens (tertiary/aromatic N) is 2. The third-order valence-corrected chi connectivity index (χ3v) is 2.57. The molecule has 1 N–H and O–H groups in total. The minimum absolute atomic E-state index is 0.340. The van der Waals surface area contributed by atoms with Crippen molar-refractivity contribution in [1.82, 2.24) is 9.88 Å². The Hall–Kier alpha value is -2.07. The summed E-state index contributed by atoms with van der Waals surface area (Å²) < 4.78 is 4.65. The van der Waals surface area contributed by atoms with Crippen LogP contribution in [0.15, 0.2) is 11.1 Å². The van der Waals surface area contributed by atoms with E-state index in [0.29, 0.717) is 25.3 Å². The van der Waals surface area contributed by atoms with E-state index < -0.39 is 0 Å². The maximum Gasteiger partial charge on any atom is 0.409 e. The van der Waals surface area contributed by atoms with E-state index in [1.54, 1.807) is 11.0 Å². The van der Waals surface area contributed by atoms with Crippen molar-refractivity contribution in [3.05, 3.63) is 17.3 Å². The molecule has 0 radical (unpaired) electrons. The molecule has 0 unspecified atom stereocenters. The van der Waals surface area contributed by atoms with Gasteiger partial charge in [0.25, 0.3) is 0 Å². The second kappa shape index (κ2) is 4.20. The van der Waals surface area contributed by atoms with Crippen molar-refractivity contribution in [2.45, 2.75) is 13.0 Å². The van der Waals surface area contributed by atoms with Crippen molar-refractivity contribution in [3.8, 4) is 0 Å². The summed E-state index contributed by atoms with van der Waals surface area (Å²) in [7, 11) is 1.36. The van der Waals surface area contributed by atoms with Crippen LogP contribution in [0, 0.1) is 0 Å². The predicted octanol–water partition coefficient (Wildman–Crippen LogP) is 1.11. The summed E-state index contributed by atoms with van der Waals surface area (Å²) in [4.78, 5) is 29.5. The Bertz CT molecular complexity index is 460. The number of aromatic amines is 1. The first-order chi connectivity index (χ1) is 7.74. The molecule has 0 aromatic carbocycles. The van der Waals surface area contributed by atoms with E-state index in [1.165, 1.54) is 13.2 Å². The maximum atomic E-state index is 11.3. The Morgan fingerprint density at radius 3 is 3.19 bits per heavy atom. The standard InChI is InChI=1S/C10H11N3O3/c1-16-10(15)13-3-2-8-7(5-13)4-9(12-8)11-6-14/h4,12H,2-3,5H2,1H3. The smallest absolute Gasteiger partial charge is 0.409 e. The third kappa shape index (κ3) is 1.83. The van der Waals surface area contributed by atoms with Crippen LogP contribution in [0.2, 0.25) is 0 Å². The molecule has 6 nitrogen and oxygen atoms in total. The molecule has 0 saturated carbocycles. The van der Waals surface area contributed by atoms with E-state index in [4.69, 9.17) is 0 Å². The van der Waals surface area contributed by atoms with Crippen LogP contribution in [0.25, 0.3) is 0 Å². The number of carbonyl (C=O) groups excluding carboxylic acids is 2. The molecule has 1 aliphatic rings. The lowest BCUT2D eigenvalue weighted by molar-refractivity contribution is 0.118. The molecule has 0 aliphatic carbocycles. The number of isocyanates is 1. The fourth-order valence-corrected chi connectivity index (χ4v) is 1.81. The number of H-pyrrole nitrogens is 1. The number of hydrogen-bond acceptors (Lipinski definition) is 4. The van der Waals surface area contributed by atoms with Crippen LogP contribution in [0.3, 0.4) is 0 Å². The number of fused-ring (bicyclic) bond motifs is 1. The Labute approximate surface area is 91.9 Å². The van der Waals surface area contributed by atoms with Crippen LogP contribution in [-0.2, 0) is 22.5 Å². The molecule has 1 aromatic rings. The highest BCUT2D eigenvalue weighted by Gasteiger charge is 2.22. The molecular weight excluding hydrogens is 210 g/mol. The van der Waals surface area contributed by atoms with Gasteiger partial charge in [0, 0.05) is 18.7 Å². The highest BCUT2D eigenvalue weighted by atomic mass is 16.5.